The summed E-state index contributed by atoms with van der Waals surface area (Å²) in [4.78, 5) is 25.9. The summed E-state index contributed by atoms with van der Waals surface area (Å²) in [5, 5.41) is 0. The van der Waals surface area contributed by atoms with Crippen molar-refractivity contribution >= 4 is 11.9 Å². The highest BCUT2D eigenvalue weighted by Gasteiger charge is 2.16. The lowest BCUT2D eigenvalue weighted by Gasteiger charge is -2.23. The Balaban J connectivity index is 1.97. The van der Waals surface area contributed by atoms with Crippen molar-refractivity contribution in [2.24, 2.45) is 0 Å². The van der Waals surface area contributed by atoms with Gasteiger partial charge in [-0.15, -0.1) is 0 Å². The van der Waals surface area contributed by atoms with Crippen LogP contribution in [0.5, 0.6) is 0 Å². The van der Waals surface area contributed by atoms with Gasteiger partial charge >= 0.3 is 5.97 Å². The molecule has 2 aromatic carbocycles. The third-order valence-electron chi connectivity index (χ3n) is 3.93. The normalized spacial score (nSPS) is 10.3. The molecule has 0 radical (unpaired) electrons. The molecule has 0 aromatic heterocycles. The van der Waals surface area contributed by atoms with Crippen molar-refractivity contribution in [1.82, 2.24) is 4.90 Å². The summed E-state index contributed by atoms with van der Waals surface area (Å²) in [6.07, 6.45) is 1.10. The molecule has 2 rings (SSSR count). The van der Waals surface area contributed by atoms with E-state index in [9.17, 15) is 9.59 Å². The maximum atomic E-state index is 12.6. The zero-order valence-electron chi connectivity index (χ0n) is 14.7. The van der Waals surface area contributed by atoms with Crippen LogP contribution < -0.4 is 0 Å². The molecule has 4 nitrogen and oxygen atoms in total. The van der Waals surface area contributed by atoms with Crippen LogP contribution in [-0.2, 0) is 27.3 Å². The zero-order valence-corrected chi connectivity index (χ0v) is 14.7. The largest absolute Gasteiger partial charge is 0.466 e. The van der Waals surface area contributed by atoms with Crippen molar-refractivity contribution in [1.29, 1.82) is 0 Å². The summed E-state index contributed by atoms with van der Waals surface area (Å²) in [7, 11) is 0. The van der Waals surface area contributed by atoms with Crippen LogP contribution >= 0.6 is 0 Å². The molecule has 0 heterocycles. The molecule has 132 valence electrons. The third kappa shape index (κ3) is 6.79. The molecule has 0 aliphatic rings. The van der Waals surface area contributed by atoms with E-state index in [-0.39, 0.29) is 24.7 Å². The molecule has 0 N–H and O–H groups in total. The molecule has 0 aliphatic heterocycles. The molecular formula is C21H25NO3. The van der Waals surface area contributed by atoms with E-state index in [2.05, 4.69) is 12.1 Å². The number of benzene rings is 2. The van der Waals surface area contributed by atoms with Gasteiger partial charge in [0.15, 0.2) is 0 Å². The number of hydrogen-bond acceptors (Lipinski definition) is 3. The van der Waals surface area contributed by atoms with Crippen LogP contribution in [0.3, 0.4) is 0 Å². The first-order valence-electron chi connectivity index (χ1n) is 8.70. The SMILES string of the molecule is CCOC(=O)CCC(=O)N(CCc1ccccc1)Cc1ccccc1. The third-order valence-corrected chi connectivity index (χ3v) is 3.93. The lowest BCUT2D eigenvalue weighted by atomic mass is 10.1. The minimum Gasteiger partial charge on any atom is -0.466 e. The van der Waals surface area contributed by atoms with Gasteiger partial charge in [-0.3, -0.25) is 9.59 Å². The number of carbonyl (C=O) groups excluding carboxylic acids is 2. The Labute approximate surface area is 149 Å². The number of esters is 1. The van der Waals surface area contributed by atoms with Gasteiger partial charge in [-0.05, 0) is 24.5 Å². The Morgan fingerprint density at radius 3 is 2.08 bits per heavy atom. The lowest BCUT2D eigenvalue weighted by Crippen LogP contribution is -2.32. The highest BCUT2D eigenvalue weighted by Crippen LogP contribution is 2.10. The van der Waals surface area contributed by atoms with Gasteiger partial charge in [0.25, 0.3) is 0 Å². The minimum absolute atomic E-state index is 0.0205. The second kappa shape index (κ2) is 10.3. The Hall–Kier alpha value is -2.62. The molecule has 0 fully saturated rings. The number of amides is 1. The smallest absolute Gasteiger partial charge is 0.306 e. The van der Waals surface area contributed by atoms with E-state index in [1.54, 1.807) is 6.92 Å². The van der Waals surface area contributed by atoms with E-state index >= 15 is 0 Å². The van der Waals surface area contributed by atoms with Gasteiger partial charge in [0.05, 0.1) is 13.0 Å². The first-order valence-corrected chi connectivity index (χ1v) is 8.70. The highest BCUT2D eigenvalue weighted by molar-refractivity contribution is 5.81. The molecule has 1 amide bonds. The van der Waals surface area contributed by atoms with Gasteiger partial charge in [-0.1, -0.05) is 60.7 Å². The maximum Gasteiger partial charge on any atom is 0.306 e. The average Bonchev–Trinajstić information content (AvgIpc) is 2.65. The molecule has 0 aliphatic carbocycles. The number of carbonyl (C=O) groups is 2. The predicted molar refractivity (Wildman–Crippen MR) is 97.9 cm³/mol. The molecule has 0 saturated heterocycles. The summed E-state index contributed by atoms with van der Waals surface area (Å²) < 4.78 is 4.91. The van der Waals surface area contributed by atoms with Crippen LogP contribution in [0.2, 0.25) is 0 Å². The fourth-order valence-corrected chi connectivity index (χ4v) is 2.60. The average molecular weight is 339 g/mol. The molecule has 0 atom stereocenters. The molecule has 0 saturated carbocycles. The van der Waals surface area contributed by atoms with E-state index in [0.29, 0.717) is 19.7 Å². The Morgan fingerprint density at radius 1 is 0.880 bits per heavy atom. The monoisotopic (exact) mass is 339 g/mol. The second-order valence-electron chi connectivity index (χ2n) is 5.84. The summed E-state index contributed by atoms with van der Waals surface area (Å²) in [6, 6.07) is 20.0. The maximum absolute atomic E-state index is 12.6. The van der Waals surface area contributed by atoms with Crippen molar-refractivity contribution in [2.45, 2.75) is 32.7 Å². The molecule has 0 spiro atoms. The molecule has 0 bridgehead atoms. The van der Waals surface area contributed by atoms with Gasteiger partial charge in [-0.2, -0.15) is 0 Å². The molecule has 25 heavy (non-hydrogen) atoms. The standard InChI is InChI=1S/C21H25NO3/c1-2-25-21(24)14-13-20(23)22(17-19-11-7-4-8-12-19)16-15-18-9-5-3-6-10-18/h3-12H,2,13-17H2,1H3. The second-order valence-corrected chi connectivity index (χ2v) is 5.84. The summed E-state index contributed by atoms with van der Waals surface area (Å²) in [5.74, 6) is -0.341. The van der Waals surface area contributed by atoms with Gasteiger partial charge < -0.3 is 9.64 Å². The first kappa shape index (κ1) is 18.7. The number of ether oxygens (including phenoxy) is 1. The zero-order chi connectivity index (χ0) is 17.9. The topological polar surface area (TPSA) is 46.6 Å². The van der Waals surface area contributed by atoms with Crippen molar-refractivity contribution < 1.29 is 14.3 Å². The quantitative estimate of drug-likeness (QED) is 0.656. The van der Waals surface area contributed by atoms with Crippen molar-refractivity contribution in [3.8, 4) is 0 Å². The number of rotatable bonds is 9. The first-order chi connectivity index (χ1) is 12.2. The minimum atomic E-state index is -0.321. The van der Waals surface area contributed by atoms with Crippen molar-refractivity contribution in [2.75, 3.05) is 13.2 Å². The van der Waals surface area contributed by atoms with Crippen LogP contribution in [0, 0.1) is 0 Å². The van der Waals surface area contributed by atoms with Crippen molar-refractivity contribution in [3.05, 3.63) is 71.8 Å². The number of hydrogen-bond donors (Lipinski definition) is 0. The van der Waals surface area contributed by atoms with E-state index in [1.165, 1.54) is 5.56 Å². The number of nitrogens with zero attached hydrogens (tertiary/aromatic N) is 1. The molecule has 2 aromatic rings. The van der Waals surface area contributed by atoms with Gasteiger partial charge in [0, 0.05) is 19.5 Å². The molecular weight excluding hydrogens is 314 g/mol. The van der Waals surface area contributed by atoms with Crippen LogP contribution in [-0.4, -0.2) is 29.9 Å². The van der Waals surface area contributed by atoms with Crippen LogP contribution in [0.4, 0.5) is 0 Å². The molecule has 4 heteroatoms. The Kier molecular flexibility index (Phi) is 7.70. The lowest BCUT2D eigenvalue weighted by molar-refractivity contribution is -0.145. The Morgan fingerprint density at radius 2 is 1.48 bits per heavy atom. The summed E-state index contributed by atoms with van der Waals surface area (Å²) in [5.41, 5.74) is 2.28. The van der Waals surface area contributed by atoms with E-state index in [4.69, 9.17) is 4.74 Å². The van der Waals surface area contributed by atoms with Crippen LogP contribution in [0.15, 0.2) is 60.7 Å². The highest BCUT2D eigenvalue weighted by atomic mass is 16.5. The van der Waals surface area contributed by atoms with Gasteiger partial charge in [0.1, 0.15) is 0 Å². The fraction of sp³-hybridized carbons (Fsp3) is 0.333. The summed E-state index contributed by atoms with van der Waals surface area (Å²) >= 11 is 0. The van der Waals surface area contributed by atoms with E-state index in [1.807, 2.05) is 53.4 Å². The van der Waals surface area contributed by atoms with Gasteiger partial charge in [0.2, 0.25) is 5.91 Å². The van der Waals surface area contributed by atoms with Crippen molar-refractivity contribution in [3.63, 3.8) is 0 Å². The fourth-order valence-electron chi connectivity index (χ4n) is 2.60. The van der Waals surface area contributed by atoms with E-state index in [0.717, 1.165) is 12.0 Å². The summed E-state index contributed by atoms with van der Waals surface area (Å²) in [6.45, 7) is 3.28. The Bertz CT molecular complexity index is 655. The molecule has 0 unspecified atom stereocenters. The van der Waals surface area contributed by atoms with Crippen LogP contribution in [0.1, 0.15) is 30.9 Å². The van der Waals surface area contributed by atoms with E-state index < -0.39 is 0 Å². The van der Waals surface area contributed by atoms with Crippen LogP contribution in [0.25, 0.3) is 0 Å². The predicted octanol–water partition coefficient (Wildman–Crippen LogP) is 3.60. The van der Waals surface area contributed by atoms with Gasteiger partial charge in [-0.25, -0.2) is 0 Å².